The Kier molecular flexibility index (Phi) is 5.75. The zero-order valence-electron chi connectivity index (χ0n) is 15.2. The highest BCUT2D eigenvalue weighted by atomic mass is 32.1. The molecule has 2 aromatic rings. The Bertz CT molecular complexity index is 858. The summed E-state index contributed by atoms with van der Waals surface area (Å²) in [5.41, 5.74) is 4.43. The van der Waals surface area contributed by atoms with Crippen LogP contribution in [0, 0.1) is 6.92 Å². The Labute approximate surface area is 156 Å². The smallest absolute Gasteiger partial charge is 0.293 e. The molecule has 1 aliphatic rings. The summed E-state index contributed by atoms with van der Waals surface area (Å²) in [6.45, 7) is 6.25. The molecule has 0 spiro atoms. The van der Waals surface area contributed by atoms with Gasteiger partial charge in [-0.15, -0.1) is 11.3 Å². The number of hydrogen-bond donors (Lipinski definition) is 1. The molecule has 136 valence electrons. The molecule has 7 nitrogen and oxygen atoms in total. The summed E-state index contributed by atoms with van der Waals surface area (Å²) >= 11 is 1.57. The van der Waals surface area contributed by atoms with Gasteiger partial charge in [0.15, 0.2) is 0 Å². The van der Waals surface area contributed by atoms with Crippen LogP contribution in [0.1, 0.15) is 24.4 Å². The minimum Gasteiger partial charge on any atom is -0.378 e. The lowest BCUT2D eigenvalue weighted by molar-refractivity contribution is 0.0467. The molecule has 3 rings (SSSR count). The number of ether oxygens (including phenoxy) is 1. The Hall–Kier alpha value is -2.58. The molecule has 1 aliphatic heterocycles. The molecule has 0 aliphatic carbocycles. The van der Waals surface area contributed by atoms with E-state index >= 15 is 0 Å². The van der Waals surface area contributed by atoms with Gasteiger partial charge in [-0.1, -0.05) is 5.16 Å². The number of rotatable bonds is 6. The van der Waals surface area contributed by atoms with Crippen LogP contribution in [0.25, 0.3) is 10.6 Å². The van der Waals surface area contributed by atoms with E-state index in [1.165, 1.54) is 0 Å². The van der Waals surface area contributed by atoms with E-state index in [0.29, 0.717) is 6.61 Å². The fourth-order valence-corrected chi connectivity index (χ4v) is 3.49. The molecule has 0 saturated carbocycles. The van der Waals surface area contributed by atoms with E-state index in [9.17, 15) is 0 Å². The van der Waals surface area contributed by atoms with E-state index in [2.05, 4.69) is 25.4 Å². The van der Waals surface area contributed by atoms with Gasteiger partial charge in [0.25, 0.3) is 6.35 Å². The van der Waals surface area contributed by atoms with Crippen LogP contribution in [0.5, 0.6) is 0 Å². The number of methoxy groups -OCH3 is 1. The molecular formula is C18H21N5O2S. The second-order valence-corrected chi connectivity index (χ2v) is 6.83. The zero-order valence-corrected chi connectivity index (χ0v) is 16.0. The number of hydrogen-bond acceptors (Lipinski definition) is 8. The van der Waals surface area contributed by atoms with E-state index in [1.54, 1.807) is 30.8 Å². The van der Waals surface area contributed by atoms with Crippen LogP contribution in [0.2, 0.25) is 0 Å². The molecule has 8 heteroatoms. The molecule has 1 N–H and O–H groups in total. The average Bonchev–Trinajstić information content (AvgIpc) is 3.02. The fourth-order valence-electron chi connectivity index (χ4n) is 2.50. The minimum absolute atomic E-state index is 0.435. The van der Waals surface area contributed by atoms with Crippen molar-refractivity contribution in [1.82, 2.24) is 15.3 Å². The van der Waals surface area contributed by atoms with Crippen molar-refractivity contribution in [1.29, 1.82) is 0 Å². The van der Waals surface area contributed by atoms with Gasteiger partial charge in [-0.05, 0) is 39.0 Å². The Morgan fingerprint density at radius 1 is 1.38 bits per heavy atom. The number of aryl methyl sites for hydroxylation is 1. The quantitative estimate of drug-likeness (QED) is 0.623. The Morgan fingerprint density at radius 3 is 2.96 bits per heavy atom. The van der Waals surface area contributed by atoms with Gasteiger partial charge < -0.3 is 14.9 Å². The highest BCUT2D eigenvalue weighted by Crippen LogP contribution is 2.27. The van der Waals surface area contributed by atoms with Crippen molar-refractivity contribution in [2.75, 3.05) is 13.7 Å². The second-order valence-electron chi connectivity index (χ2n) is 5.83. The first-order valence-electron chi connectivity index (χ1n) is 8.16. The molecule has 1 atom stereocenters. The second kappa shape index (κ2) is 8.20. The lowest BCUT2D eigenvalue weighted by Gasteiger charge is -2.20. The lowest BCUT2D eigenvalue weighted by Crippen LogP contribution is -2.33. The highest BCUT2D eigenvalue weighted by molar-refractivity contribution is 7.17. The number of oxime groups is 1. The van der Waals surface area contributed by atoms with Crippen molar-refractivity contribution in [3.63, 3.8) is 0 Å². The third-order valence-corrected chi connectivity index (χ3v) is 4.95. The van der Waals surface area contributed by atoms with Crippen molar-refractivity contribution < 1.29 is 9.57 Å². The van der Waals surface area contributed by atoms with Gasteiger partial charge in [0.2, 0.25) is 0 Å². The summed E-state index contributed by atoms with van der Waals surface area (Å²) in [5.74, 6) is 0. The highest BCUT2D eigenvalue weighted by Gasteiger charge is 2.16. The third kappa shape index (κ3) is 4.33. The standard InChI is InChI=1S/C18H21N5O2S/c1-11-8-15(10-24-4)22-18(20-11)25-23-13(3)16-12(2)21-17(26-16)14-6-5-7-19-9-14/h5-9,18,20H,10H2,1-4H3/b23-13+. The summed E-state index contributed by atoms with van der Waals surface area (Å²) in [5, 5.41) is 8.29. The van der Waals surface area contributed by atoms with Crippen LogP contribution in [0.4, 0.5) is 0 Å². The summed E-state index contributed by atoms with van der Waals surface area (Å²) in [7, 11) is 1.64. The lowest BCUT2D eigenvalue weighted by atomic mass is 10.3. The van der Waals surface area contributed by atoms with Crippen LogP contribution in [0.15, 0.2) is 46.4 Å². The molecule has 3 heterocycles. The first-order chi connectivity index (χ1) is 12.6. The number of nitrogens with one attached hydrogen (secondary N) is 1. The van der Waals surface area contributed by atoms with Crippen molar-refractivity contribution in [2.24, 2.45) is 10.1 Å². The zero-order chi connectivity index (χ0) is 18.5. The van der Waals surface area contributed by atoms with Gasteiger partial charge in [0.05, 0.1) is 28.6 Å². The number of aliphatic imine (C=N–C) groups is 1. The first-order valence-corrected chi connectivity index (χ1v) is 8.97. The van der Waals surface area contributed by atoms with Crippen molar-refractivity contribution in [2.45, 2.75) is 27.1 Å². The first kappa shape index (κ1) is 18.2. The molecule has 0 saturated heterocycles. The van der Waals surface area contributed by atoms with E-state index in [1.807, 2.05) is 39.0 Å². The third-order valence-electron chi connectivity index (χ3n) is 3.63. The van der Waals surface area contributed by atoms with Crippen LogP contribution in [-0.2, 0) is 9.57 Å². The van der Waals surface area contributed by atoms with E-state index in [-0.39, 0.29) is 0 Å². The summed E-state index contributed by atoms with van der Waals surface area (Å²) in [6, 6.07) is 3.89. The number of nitrogens with zero attached hydrogens (tertiary/aromatic N) is 4. The topological polar surface area (TPSA) is 81.0 Å². The van der Waals surface area contributed by atoms with Crippen molar-refractivity contribution in [3.05, 3.63) is 46.9 Å². The largest absolute Gasteiger partial charge is 0.378 e. The van der Waals surface area contributed by atoms with Crippen LogP contribution >= 0.6 is 11.3 Å². The van der Waals surface area contributed by atoms with Gasteiger partial charge in [0, 0.05) is 30.8 Å². The minimum atomic E-state index is -0.564. The van der Waals surface area contributed by atoms with Crippen LogP contribution in [-0.4, -0.2) is 41.5 Å². The normalized spacial score (nSPS) is 17.4. The SMILES string of the molecule is COCC1=NC(O/N=C(\C)c2sc(-c3cccnc3)nc2C)NC(C)=C1. The predicted octanol–water partition coefficient (Wildman–Crippen LogP) is 3.13. The number of allylic oxidation sites excluding steroid dienone is 1. The molecule has 0 fully saturated rings. The maximum absolute atomic E-state index is 5.58. The predicted molar refractivity (Wildman–Crippen MR) is 103 cm³/mol. The van der Waals surface area contributed by atoms with E-state index in [4.69, 9.17) is 9.57 Å². The Balaban J connectivity index is 1.74. The van der Waals surface area contributed by atoms with Crippen molar-refractivity contribution >= 4 is 22.8 Å². The summed E-state index contributed by atoms with van der Waals surface area (Å²) < 4.78 is 5.13. The maximum Gasteiger partial charge on any atom is 0.293 e. The van der Waals surface area contributed by atoms with E-state index in [0.717, 1.165) is 38.3 Å². The maximum atomic E-state index is 5.58. The molecule has 0 radical (unpaired) electrons. The van der Waals surface area contributed by atoms with Gasteiger partial charge in [-0.3, -0.25) is 4.98 Å². The molecule has 26 heavy (non-hydrogen) atoms. The van der Waals surface area contributed by atoms with Crippen LogP contribution in [0.3, 0.4) is 0 Å². The molecule has 0 bridgehead atoms. The monoisotopic (exact) mass is 371 g/mol. The summed E-state index contributed by atoms with van der Waals surface area (Å²) in [4.78, 5) is 19.7. The van der Waals surface area contributed by atoms with Gasteiger partial charge in [-0.25, -0.2) is 9.98 Å². The Morgan fingerprint density at radius 2 is 2.23 bits per heavy atom. The molecule has 1 unspecified atom stereocenters. The molecule has 2 aromatic heterocycles. The van der Waals surface area contributed by atoms with Gasteiger partial charge >= 0.3 is 0 Å². The van der Waals surface area contributed by atoms with Gasteiger partial charge in [-0.2, -0.15) is 0 Å². The number of pyridine rings is 1. The van der Waals surface area contributed by atoms with Gasteiger partial charge in [0.1, 0.15) is 5.01 Å². The number of aromatic nitrogens is 2. The summed E-state index contributed by atoms with van der Waals surface area (Å²) in [6.07, 6.45) is 4.91. The fraction of sp³-hybridized carbons (Fsp3) is 0.333. The molecule has 0 aromatic carbocycles. The molecule has 0 amide bonds. The van der Waals surface area contributed by atoms with Crippen LogP contribution < -0.4 is 5.32 Å². The molecular weight excluding hydrogens is 350 g/mol. The average molecular weight is 371 g/mol. The number of thiazole rings is 1. The van der Waals surface area contributed by atoms with Crippen molar-refractivity contribution in [3.8, 4) is 10.6 Å². The van der Waals surface area contributed by atoms with E-state index < -0.39 is 6.35 Å².